The van der Waals surface area contributed by atoms with E-state index in [-0.39, 0.29) is 24.5 Å². The lowest BCUT2D eigenvalue weighted by Crippen LogP contribution is -2.35. The number of carbonyl (C=O) groups excluding carboxylic acids is 2. The molecule has 156 valence electrons. The van der Waals surface area contributed by atoms with E-state index in [0.717, 1.165) is 45.0 Å². The van der Waals surface area contributed by atoms with Crippen LogP contribution in [0, 0.1) is 5.92 Å². The zero-order valence-electron chi connectivity index (χ0n) is 17.1. The molecular weight excluding hydrogens is 386 g/mol. The first-order valence-electron chi connectivity index (χ1n) is 10.2. The largest absolute Gasteiger partial charge is 0.379 e. The van der Waals surface area contributed by atoms with E-state index in [2.05, 4.69) is 29.0 Å². The van der Waals surface area contributed by atoms with E-state index in [0.29, 0.717) is 16.6 Å². The van der Waals surface area contributed by atoms with E-state index in [4.69, 9.17) is 4.74 Å². The molecule has 1 aliphatic rings. The molecular formula is C22H29N3O3S. The van der Waals surface area contributed by atoms with Gasteiger partial charge in [-0.3, -0.25) is 14.5 Å². The minimum Gasteiger partial charge on any atom is -0.379 e. The zero-order valence-corrected chi connectivity index (χ0v) is 18.0. The Morgan fingerprint density at radius 1 is 1.17 bits per heavy atom. The molecule has 2 heterocycles. The maximum absolute atomic E-state index is 12.4. The summed E-state index contributed by atoms with van der Waals surface area (Å²) in [6, 6.07) is 7.71. The highest BCUT2D eigenvalue weighted by molar-refractivity contribution is 7.13. The van der Waals surface area contributed by atoms with Crippen molar-refractivity contribution in [2.45, 2.75) is 39.7 Å². The quantitative estimate of drug-likeness (QED) is 0.631. The van der Waals surface area contributed by atoms with Crippen molar-refractivity contribution in [3.05, 3.63) is 46.5 Å². The Labute approximate surface area is 176 Å². The molecule has 1 fully saturated rings. The lowest BCUT2D eigenvalue weighted by Gasteiger charge is -2.25. The van der Waals surface area contributed by atoms with Crippen molar-refractivity contribution in [1.82, 2.24) is 9.88 Å². The van der Waals surface area contributed by atoms with Crippen molar-refractivity contribution in [3.63, 3.8) is 0 Å². The number of ether oxygens (including phenoxy) is 1. The third kappa shape index (κ3) is 7.03. The molecule has 0 aliphatic carbocycles. The van der Waals surface area contributed by atoms with Gasteiger partial charge >= 0.3 is 0 Å². The molecule has 3 rings (SSSR count). The second-order valence-electron chi connectivity index (χ2n) is 7.80. The van der Waals surface area contributed by atoms with Crippen LogP contribution >= 0.6 is 11.3 Å². The number of nitrogens with zero attached hydrogens (tertiary/aromatic N) is 2. The monoisotopic (exact) mass is 415 g/mol. The van der Waals surface area contributed by atoms with Gasteiger partial charge in [0, 0.05) is 43.4 Å². The maximum Gasteiger partial charge on any atom is 0.226 e. The predicted octanol–water partition coefficient (Wildman–Crippen LogP) is 3.78. The number of hydrogen-bond donors (Lipinski definition) is 1. The summed E-state index contributed by atoms with van der Waals surface area (Å²) in [6.45, 7) is 8.42. The Bertz CT molecular complexity index is 811. The van der Waals surface area contributed by atoms with E-state index >= 15 is 0 Å². The highest BCUT2D eigenvalue weighted by Gasteiger charge is 2.14. The van der Waals surface area contributed by atoms with E-state index in [1.165, 1.54) is 16.9 Å². The maximum atomic E-state index is 12.4. The van der Waals surface area contributed by atoms with E-state index in [9.17, 15) is 9.59 Å². The number of rotatable bonds is 9. The zero-order chi connectivity index (χ0) is 20.6. The van der Waals surface area contributed by atoms with Crippen LogP contribution in [0.3, 0.4) is 0 Å². The molecule has 0 bridgehead atoms. The molecule has 1 amide bonds. The number of Topliss-reactive ketones (excluding diaryl/α,β-unsaturated/α-hetero) is 1. The number of nitrogens with one attached hydrogen (secondary N) is 1. The minimum absolute atomic E-state index is 0.0107. The molecule has 1 aliphatic heterocycles. The van der Waals surface area contributed by atoms with Crippen LogP contribution in [-0.4, -0.2) is 47.9 Å². The van der Waals surface area contributed by atoms with Crippen molar-refractivity contribution in [3.8, 4) is 0 Å². The molecule has 0 unspecified atom stereocenters. The van der Waals surface area contributed by atoms with Gasteiger partial charge in [0.15, 0.2) is 10.9 Å². The van der Waals surface area contributed by atoms with Gasteiger partial charge in [-0.1, -0.05) is 38.1 Å². The summed E-state index contributed by atoms with van der Waals surface area (Å²) in [7, 11) is 0. The third-order valence-electron chi connectivity index (χ3n) is 4.79. The van der Waals surface area contributed by atoms with Crippen LogP contribution in [0.15, 0.2) is 29.6 Å². The lowest BCUT2D eigenvalue weighted by atomic mass is 9.99. The van der Waals surface area contributed by atoms with Crippen molar-refractivity contribution >= 4 is 28.2 Å². The molecule has 0 atom stereocenters. The molecule has 1 aromatic carbocycles. The number of amides is 1. The summed E-state index contributed by atoms with van der Waals surface area (Å²) in [5.74, 6) is 0.394. The molecule has 0 spiro atoms. The minimum atomic E-state index is -0.179. The number of carbonyl (C=O) groups is 2. The van der Waals surface area contributed by atoms with Crippen LogP contribution in [0.2, 0.25) is 0 Å². The van der Waals surface area contributed by atoms with Crippen LogP contribution in [-0.2, 0) is 22.5 Å². The van der Waals surface area contributed by atoms with Crippen molar-refractivity contribution < 1.29 is 14.3 Å². The molecule has 0 radical (unpaired) electrons. The predicted molar refractivity (Wildman–Crippen MR) is 115 cm³/mol. The normalized spacial score (nSPS) is 14.9. The summed E-state index contributed by atoms with van der Waals surface area (Å²) in [5.41, 5.74) is 2.84. The Morgan fingerprint density at radius 2 is 1.90 bits per heavy atom. The molecule has 1 aromatic heterocycles. The summed E-state index contributed by atoms with van der Waals surface area (Å²) < 4.78 is 5.35. The third-order valence-corrected chi connectivity index (χ3v) is 5.59. The SMILES string of the molecule is CC(C)Cc1ccc(C(=O)CCC(=O)Nc2nc(CN3CCOCC3)cs2)cc1. The van der Waals surface area contributed by atoms with E-state index in [1.54, 1.807) is 0 Å². The van der Waals surface area contributed by atoms with Crippen LogP contribution < -0.4 is 5.32 Å². The van der Waals surface area contributed by atoms with E-state index < -0.39 is 0 Å². The fraction of sp³-hybridized carbons (Fsp3) is 0.500. The number of thiazole rings is 1. The Kier molecular flexibility index (Phi) is 7.91. The fourth-order valence-corrected chi connectivity index (χ4v) is 3.99. The van der Waals surface area contributed by atoms with Gasteiger partial charge < -0.3 is 10.1 Å². The summed E-state index contributed by atoms with van der Waals surface area (Å²) in [6.07, 6.45) is 1.35. The second-order valence-corrected chi connectivity index (χ2v) is 8.66. The Balaban J connectivity index is 1.43. The van der Waals surface area contributed by atoms with Gasteiger partial charge in [0.1, 0.15) is 0 Å². The number of morpholine rings is 1. The molecule has 6 nitrogen and oxygen atoms in total. The number of benzene rings is 1. The number of aromatic nitrogens is 1. The first-order valence-corrected chi connectivity index (χ1v) is 11.0. The standard InChI is InChI=1S/C22H29N3O3S/c1-16(2)13-17-3-5-18(6-4-17)20(26)7-8-21(27)24-22-23-19(15-29-22)14-25-9-11-28-12-10-25/h3-6,15-16H,7-14H2,1-2H3,(H,23,24,27). The van der Waals surface area contributed by atoms with Gasteiger partial charge in [-0.2, -0.15) is 0 Å². The highest BCUT2D eigenvalue weighted by atomic mass is 32.1. The average molecular weight is 416 g/mol. The number of hydrogen-bond acceptors (Lipinski definition) is 6. The Morgan fingerprint density at radius 3 is 2.59 bits per heavy atom. The molecule has 7 heteroatoms. The van der Waals surface area contributed by atoms with Gasteiger partial charge in [-0.05, 0) is 17.9 Å². The topological polar surface area (TPSA) is 71.5 Å². The van der Waals surface area contributed by atoms with Gasteiger partial charge in [-0.25, -0.2) is 4.98 Å². The first kappa shape index (κ1) is 21.6. The van der Waals surface area contributed by atoms with Crippen molar-refractivity contribution in [2.24, 2.45) is 5.92 Å². The van der Waals surface area contributed by atoms with Gasteiger partial charge in [0.2, 0.25) is 5.91 Å². The molecule has 2 aromatic rings. The smallest absolute Gasteiger partial charge is 0.226 e. The lowest BCUT2D eigenvalue weighted by molar-refractivity contribution is -0.116. The van der Waals surface area contributed by atoms with Gasteiger partial charge in [0.05, 0.1) is 18.9 Å². The van der Waals surface area contributed by atoms with Crippen LogP contribution in [0.4, 0.5) is 5.13 Å². The first-order chi connectivity index (χ1) is 14.0. The van der Waals surface area contributed by atoms with Crippen LogP contribution in [0.1, 0.15) is 48.3 Å². The van der Waals surface area contributed by atoms with Crippen molar-refractivity contribution in [2.75, 3.05) is 31.6 Å². The van der Waals surface area contributed by atoms with Crippen LogP contribution in [0.5, 0.6) is 0 Å². The fourth-order valence-electron chi connectivity index (χ4n) is 3.28. The van der Waals surface area contributed by atoms with Gasteiger partial charge in [-0.15, -0.1) is 11.3 Å². The van der Waals surface area contributed by atoms with Crippen molar-refractivity contribution in [1.29, 1.82) is 0 Å². The Hall–Kier alpha value is -2.09. The molecule has 1 N–H and O–H groups in total. The second kappa shape index (κ2) is 10.6. The summed E-state index contributed by atoms with van der Waals surface area (Å²) in [5, 5.41) is 5.36. The van der Waals surface area contributed by atoms with E-state index in [1.807, 2.05) is 29.6 Å². The highest BCUT2D eigenvalue weighted by Crippen LogP contribution is 2.18. The summed E-state index contributed by atoms with van der Waals surface area (Å²) in [4.78, 5) is 31.3. The number of ketones is 1. The van der Waals surface area contributed by atoms with Crippen LogP contribution in [0.25, 0.3) is 0 Å². The van der Waals surface area contributed by atoms with Gasteiger partial charge in [0.25, 0.3) is 0 Å². The molecule has 1 saturated heterocycles. The molecule has 29 heavy (non-hydrogen) atoms. The summed E-state index contributed by atoms with van der Waals surface area (Å²) >= 11 is 1.42. The average Bonchev–Trinajstić information content (AvgIpc) is 3.13. The molecule has 0 saturated carbocycles. The number of anilines is 1.